The molecule has 0 atom stereocenters. The topological polar surface area (TPSA) is 61.5 Å². The Labute approximate surface area is 124 Å². The number of hydrogen-bond donors (Lipinski definition) is 1. The lowest BCUT2D eigenvalue weighted by molar-refractivity contribution is 0.0526. The Morgan fingerprint density at radius 3 is 2.57 bits per heavy atom. The fraction of sp³-hybridized carbons (Fsp3) is 0.562. The van der Waals surface area contributed by atoms with E-state index in [1.807, 2.05) is 0 Å². The Kier molecular flexibility index (Phi) is 5.42. The molecular weight excluding hydrogens is 273 g/mol. The summed E-state index contributed by atoms with van der Waals surface area (Å²) in [4.78, 5) is 11.8. The van der Waals surface area contributed by atoms with Crippen molar-refractivity contribution >= 4 is 11.7 Å². The Hall–Kier alpha value is -1.78. The van der Waals surface area contributed by atoms with E-state index < -0.39 is 11.8 Å². The third kappa shape index (κ3) is 4.09. The van der Waals surface area contributed by atoms with Crippen molar-refractivity contribution in [3.63, 3.8) is 0 Å². The van der Waals surface area contributed by atoms with Crippen LogP contribution < -0.4 is 10.5 Å². The second-order valence-electron chi connectivity index (χ2n) is 5.32. The maximum Gasteiger partial charge on any atom is 0.340 e. The van der Waals surface area contributed by atoms with Crippen molar-refractivity contribution in [3.8, 4) is 5.75 Å². The van der Waals surface area contributed by atoms with Crippen LogP contribution in [0.3, 0.4) is 0 Å². The van der Waals surface area contributed by atoms with Crippen molar-refractivity contribution in [3.05, 3.63) is 23.5 Å². The minimum Gasteiger partial charge on any atom is -0.487 e. The molecule has 1 fully saturated rings. The van der Waals surface area contributed by atoms with Gasteiger partial charge in [-0.3, -0.25) is 0 Å². The molecule has 5 heteroatoms. The van der Waals surface area contributed by atoms with Gasteiger partial charge in [0.25, 0.3) is 0 Å². The minimum atomic E-state index is -0.555. The Morgan fingerprint density at radius 2 is 1.95 bits per heavy atom. The second-order valence-corrected chi connectivity index (χ2v) is 5.32. The molecule has 0 aromatic heterocycles. The number of hydrogen-bond acceptors (Lipinski definition) is 4. The first kappa shape index (κ1) is 15.6. The van der Waals surface area contributed by atoms with E-state index in [-0.39, 0.29) is 29.7 Å². The van der Waals surface area contributed by atoms with Gasteiger partial charge in [-0.25, -0.2) is 9.18 Å². The molecule has 0 radical (unpaired) electrons. The highest BCUT2D eigenvalue weighted by molar-refractivity contribution is 5.95. The molecule has 1 aliphatic carbocycles. The molecule has 0 unspecified atom stereocenters. The smallest absolute Gasteiger partial charge is 0.340 e. The first-order valence-electron chi connectivity index (χ1n) is 7.54. The third-order valence-corrected chi connectivity index (χ3v) is 3.70. The van der Waals surface area contributed by atoms with Gasteiger partial charge in [-0.15, -0.1) is 0 Å². The van der Waals surface area contributed by atoms with Crippen LogP contribution in [-0.4, -0.2) is 18.7 Å². The van der Waals surface area contributed by atoms with Gasteiger partial charge in [0.15, 0.2) is 11.6 Å². The van der Waals surface area contributed by atoms with Crippen LogP contribution >= 0.6 is 0 Å². The summed E-state index contributed by atoms with van der Waals surface area (Å²) in [5.41, 5.74) is 5.91. The van der Waals surface area contributed by atoms with Crippen LogP contribution in [0.25, 0.3) is 0 Å². The van der Waals surface area contributed by atoms with Gasteiger partial charge in [0, 0.05) is 11.8 Å². The molecule has 21 heavy (non-hydrogen) atoms. The van der Waals surface area contributed by atoms with Crippen LogP contribution in [0.1, 0.15) is 55.8 Å². The summed E-state index contributed by atoms with van der Waals surface area (Å²) in [7, 11) is 0. The lowest BCUT2D eigenvalue weighted by Crippen LogP contribution is -2.17. The summed E-state index contributed by atoms with van der Waals surface area (Å²) < 4.78 is 24.6. The zero-order valence-corrected chi connectivity index (χ0v) is 12.4. The molecule has 0 spiro atoms. The molecule has 2 N–H and O–H groups in total. The number of benzene rings is 1. The maximum absolute atomic E-state index is 14.0. The Balaban J connectivity index is 2.18. The molecule has 1 aromatic carbocycles. The van der Waals surface area contributed by atoms with Crippen LogP contribution in [0.2, 0.25) is 0 Å². The van der Waals surface area contributed by atoms with Crippen LogP contribution in [-0.2, 0) is 4.74 Å². The monoisotopic (exact) mass is 295 g/mol. The van der Waals surface area contributed by atoms with Crippen molar-refractivity contribution in [2.45, 2.75) is 51.6 Å². The summed E-state index contributed by atoms with van der Waals surface area (Å²) >= 11 is 0. The first-order valence-corrected chi connectivity index (χ1v) is 7.54. The fourth-order valence-electron chi connectivity index (χ4n) is 2.58. The molecule has 2 rings (SSSR count). The van der Waals surface area contributed by atoms with Crippen molar-refractivity contribution in [2.75, 3.05) is 12.3 Å². The second kappa shape index (κ2) is 7.29. The molecule has 1 saturated carbocycles. The highest BCUT2D eigenvalue weighted by atomic mass is 19.1. The van der Waals surface area contributed by atoms with E-state index in [2.05, 4.69) is 0 Å². The number of ether oxygens (including phenoxy) is 2. The zero-order chi connectivity index (χ0) is 15.2. The van der Waals surface area contributed by atoms with E-state index in [0.29, 0.717) is 0 Å². The summed E-state index contributed by atoms with van der Waals surface area (Å²) in [5.74, 6) is -1.01. The van der Waals surface area contributed by atoms with Gasteiger partial charge in [0.05, 0.1) is 18.3 Å². The largest absolute Gasteiger partial charge is 0.487 e. The normalized spacial score (nSPS) is 16.3. The number of halogens is 1. The van der Waals surface area contributed by atoms with Crippen molar-refractivity contribution in [1.29, 1.82) is 0 Å². The lowest BCUT2D eigenvalue weighted by atomic mass is 10.1. The standard InChI is InChI=1S/C16H22FNO3/c1-2-20-16(19)12-9-15(13(17)10-14(12)18)21-11-7-5-3-4-6-8-11/h9-11H,2-8,18H2,1H3. The highest BCUT2D eigenvalue weighted by Crippen LogP contribution is 2.28. The fourth-order valence-corrected chi connectivity index (χ4v) is 2.58. The molecule has 0 heterocycles. The average Bonchev–Trinajstić information content (AvgIpc) is 2.70. The number of esters is 1. The molecule has 0 bridgehead atoms. The predicted octanol–water partition coefficient (Wildman–Crippen LogP) is 3.69. The number of rotatable bonds is 4. The summed E-state index contributed by atoms with van der Waals surface area (Å²) in [6, 6.07) is 2.48. The number of nitrogen functional groups attached to an aromatic ring is 1. The quantitative estimate of drug-likeness (QED) is 0.523. The molecule has 4 nitrogen and oxygen atoms in total. The SMILES string of the molecule is CCOC(=O)c1cc(OC2CCCCCC2)c(F)cc1N. The maximum atomic E-state index is 14.0. The van der Waals surface area contributed by atoms with Crippen LogP contribution in [0.15, 0.2) is 12.1 Å². The van der Waals surface area contributed by atoms with E-state index in [1.165, 1.54) is 18.9 Å². The lowest BCUT2D eigenvalue weighted by Gasteiger charge is -2.18. The molecule has 0 aliphatic heterocycles. The van der Waals surface area contributed by atoms with Gasteiger partial charge in [0.1, 0.15) is 0 Å². The summed E-state index contributed by atoms with van der Waals surface area (Å²) in [6.07, 6.45) is 6.39. The van der Waals surface area contributed by atoms with Crippen LogP contribution in [0, 0.1) is 5.82 Å². The van der Waals surface area contributed by atoms with Crippen LogP contribution in [0.4, 0.5) is 10.1 Å². The van der Waals surface area contributed by atoms with E-state index >= 15 is 0 Å². The Morgan fingerprint density at radius 1 is 1.29 bits per heavy atom. The van der Waals surface area contributed by atoms with Gasteiger partial charge in [-0.1, -0.05) is 12.8 Å². The van der Waals surface area contributed by atoms with E-state index in [0.717, 1.165) is 31.7 Å². The van der Waals surface area contributed by atoms with Crippen LogP contribution in [0.5, 0.6) is 5.75 Å². The molecule has 0 saturated heterocycles. The number of carbonyl (C=O) groups excluding carboxylic acids is 1. The summed E-state index contributed by atoms with van der Waals surface area (Å²) in [5, 5.41) is 0. The van der Waals surface area contributed by atoms with Gasteiger partial charge in [0.2, 0.25) is 0 Å². The number of nitrogens with two attached hydrogens (primary N) is 1. The van der Waals surface area contributed by atoms with Gasteiger partial charge in [-0.2, -0.15) is 0 Å². The van der Waals surface area contributed by atoms with Gasteiger partial charge >= 0.3 is 5.97 Å². The summed E-state index contributed by atoms with van der Waals surface area (Å²) in [6.45, 7) is 1.95. The Bertz CT molecular complexity index is 497. The average molecular weight is 295 g/mol. The predicted molar refractivity (Wildman–Crippen MR) is 78.9 cm³/mol. The van der Waals surface area contributed by atoms with E-state index in [1.54, 1.807) is 6.92 Å². The van der Waals surface area contributed by atoms with E-state index in [9.17, 15) is 9.18 Å². The number of carbonyl (C=O) groups is 1. The van der Waals surface area contributed by atoms with Crippen molar-refractivity contribution < 1.29 is 18.7 Å². The highest BCUT2D eigenvalue weighted by Gasteiger charge is 2.20. The molecular formula is C16H22FNO3. The van der Waals surface area contributed by atoms with Crippen molar-refractivity contribution in [2.24, 2.45) is 0 Å². The minimum absolute atomic E-state index is 0.000620. The van der Waals surface area contributed by atoms with Crippen molar-refractivity contribution in [1.82, 2.24) is 0 Å². The molecule has 1 aliphatic rings. The number of anilines is 1. The zero-order valence-electron chi connectivity index (χ0n) is 12.4. The van der Waals surface area contributed by atoms with E-state index in [4.69, 9.17) is 15.2 Å². The van der Waals surface area contributed by atoms with Gasteiger partial charge < -0.3 is 15.2 Å². The molecule has 1 aromatic rings. The molecule has 116 valence electrons. The molecule has 0 amide bonds. The third-order valence-electron chi connectivity index (χ3n) is 3.70. The first-order chi connectivity index (χ1) is 10.1. The van der Waals surface area contributed by atoms with Gasteiger partial charge in [-0.05, 0) is 38.7 Å².